The molecule has 0 unspecified atom stereocenters. The van der Waals surface area contributed by atoms with Crippen molar-refractivity contribution in [3.63, 3.8) is 0 Å². The summed E-state index contributed by atoms with van der Waals surface area (Å²) in [4.78, 5) is 23.7. The molecular weight excluding hydrogens is 295 g/mol. The summed E-state index contributed by atoms with van der Waals surface area (Å²) in [6, 6.07) is 0. The van der Waals surface area contributed by atoms with Gasteiger partial charge in [-0.3, -0.25) is 0 Å². The normalized spacial score (nSPS) is 36.7. The zero-order chi connectivity index (χ0) is 4.86. The minimum Gasteiger partial charge on any atom is 0 e. The second kappa shape index (κ2) is 1.45. The van der Waals surface area contributed by atoms with E-state index in [1.165, 1.54) is 0 Å². The molecule has 1 fully saturated rings. The van der Waals surface area contributed by atoms with E-state index < -0.39 is 7.74 Å². The van der Waals surface area contributed by atoms with Gasteiger partial charge < -0.3 is 0 Å². The Bertz CT molecular complexity index is 71.8. The molecule has 7 heteroatoms. The molecule has 1 rings (SSSR count). The minimum atomic E-state index is -4.80. The number of hydrogen-bond acceptors (Lipinski definition) is 5. The Morgan fingerprint density at radius 3 is 1.14 bits per heavy atom. The topological polar surface area (TPSA) is 85.8 Å². The van der Waals surface area contributed by atoms with E-state index in [0.29, 0.717) is 0 Å². The van der Waals surface area contributed by atoms with Crippen LogP contribution in [-0.4, -0.2) is 14.7 Å². The molecule has 0 aromatic carbocycles. The Labute approximate surface area is 53.4 Å². The molecule has 0 radical (unpaired) electrons. The summed E-state index contributed by atoms with van der Waals surface area (Å²) < 4.78 is 6.76. The molecule has 0 aliphatic carbocycles. The summed E-state index contributed by atoms with van der Waals surface area (Å²) in [6.45, 7) is 0. The van der Waals surface area contributed by atoms with Crippen molar-refractivity contribution in [1.82, 2.24) is 0 Å². The molecule has 0 aromatic heterocycles. The van der Waals surface area contributed by atoms with Gasteiger partial charge in [-0.1, -0.05) is 0 Å². The number of rotatable bonds is 0. The first-order chi connectivity index (χ1) is 2.47. The van der Waals surface area contributed by atoms with Crippen LogP contribution in [0.25, 0.3) is 0 Å². The second-order valence-corrected chi connectivity index (χ2v) is 2.95. The van der Waals surface area contributed by atoms with Crippen molar-refractivity contribution in [1.29, 1.82) is 0 Å². The Morgan fingerprint density at radius 1 is 1.00 bits per heavy atom. The summed E-state index contributed by atoms with van der Waals surface area (Å²) in [6.07, 6.45) is 0. The van der Waals surface area contributed by atoms with E-state index in [1.807, 2.05) is 0 Å². The van der Waals surface area contributed by atoms with E-state index in [1.54, 1.807) is 0 Å². The quantitative estimate of drug-likeness (QED) is 0.305. The SMILES string of the molecule is OP1(O)(O)OO1.[W]. The van der Waals surface area contributed by atoms with Crippen LogP contribution in [0.5, 0.6) is 0 Å². The Hall–Kier alpha value is 0.918. The average Bonchev–Trinajstić information content (AvgIpc) is 1.73. The van der Waals surface area contributed by atoms with Gasteiger partial charge >= 0.3 is 31.8 Å². The van der Waals surface area contributed by atoms with Crippen LogP contribution in [0.2, 0.25) is 0 Å². The maximum atomic E-state index is 7.89. The molecule has 44 valence electrons. The van der Waals surface area contributed by atoms with Crippen molar-refractivity contribution in [2.45, 2.75) is 0 Å². The van der Waals surface area contributed by atoms with E-state index in [-0.39, 0.29) is 21.1 Å². The van der Waals surface area contributed by atoms with Crippen molar-refractivity contribution in [2.24, 2.45) is 0 Å². The Kier molecular flexibility index (Phi) is 1.64. The first kappa shape index (κ1) is 7.92. The van der Waals surface area contributed by atoms with E-state index in [2.05, 4.69) is 9.35 Å². The molecule has 1 heterocycles. The third-order valence-electron chi connectivity index (χ3n) is 0.275. The first-order valence-electron chi connectivity index (χ1n) is 1.13. The van der Waals surface area contributed by atoms with Crippen LogP contribution in [0.15, 0.2) is 0 Å². The molecule has 1 aliphatic rings. The average molecular weight is 298 g/mol. The zero-order valence-corrected chi connectivity index (χ0v) is 6.84. The molecule has 5 nitrogen and oxygen atoms in total. The third kappa shape index (κ3) is 2.67. The molecular formula is H3O5PW. The molecule has 3 N–H and O–H groups in total. The maximum absolute atomic E-state index is 7.89. The monoisotopic (exact) mass is 298 g/mol. The van der Waals surface area contributed by atoms with Crippen LogP contribution in [0.3, 0.4) is 0 Å². The van der Waals surface area contributed by atoms with Crippen LogP contribution >= 0.6 is 7.74 Å². The van der Waals surface area contributed by atoms with Crippen molar-refractivity contribution in [3.05, 3.63) is 0 Å². The largest absolute Gasteiger partial charge is 0 e. The van der Waals surface area contributed by atoms with E-state index in [9.17, 15) is 0 Å². The molecule has 1 aliphatic heterocycles. The van der Waals surface area contributed by atoms with Crippen molar-refractivity contribution in [2.75, 3.05) is 0 Å². The zero-order valence-electron chi connectivity index (χ0n) is 3.01. The van der Waals surface area contributed by atoms with Gasteiger partial charge in [0.15, 0.2) is 0 Å². The smallest absolute Gasteiger partial charge is 0 e. The summed E-state index contributed by atoms with van der Waals surface area (Å²) in [5.74, 6) is 0. The Morgan fingerprint density at radius 2 is 1.14 bits per heavy atom. The Balaban J connectivity index is 0.000000360. The third-order valence-corrected chi connectivity index (χ3v) is 0.824. The van der Waals surface area contributed by atoms with Crippen molar-refractivity contribution < 1.29 is 45.1 Å². The molecule has 0 aromatic rings. The van der Waals surface area contributed by atoms with Gasteiger partial charge in [-0.25, -0.2) is 0 Å². The van der Waals surface area contributed by atoms with Gasteiger partial charge in [0, 0.05) is 21.1 Å². The fourth-order valence-corrected chi connectivity index (χ4v) is 0.402. The summed E-state index contributed by atoms with van der Waals surface area (Å²) >= 11 is 0. The van der Waals surface area contributed by atoms with Crippen molar-refractivity contribution in [3.8, 4) is 0 Å². The predicted octanol–water partition coefficient (Wildman–Crippen LogP) is -0.949. The van der Waals surface area contributed by atoms with Gasteiger partial charge in [-0.05, 0) is 0 Å². The molecule has 0 atom stereocenters. The van der Waals surface area contributed by atoms with E-state index in [0.717, 1.165) is 0 Å². The molecule has 0 bridgehead atoms. The molecule has 7 heavy (non-hydrogen) atoms. The minimum absolute atomic E-state index is 0. The van der Waals surface area contributed by atoms with Crippen LogP contribution in [0, 0.1) is 0 Å². The van der Waals surface area contributed by atoms with Crippen LogP contribution in [0.4, 0.5) is 0 Å². The summed E-state index contributed by atoms with van der Waals surface area (Å²) in [7, 11) is -4.80. The standard InChI is InChI=1S/H3O5P.W/c1-6(2,3)4-5-6;/h1-3H;. The maximum Gasteiger partial charge on any atom is 0 e. The first-order valence-corrected chi connectivity index (χ1v) is 3.06. The fourth-order valence-electron chi connectivity index (χ4n) is 0.0447. The second-order valence-electron chi connectivity index (χ2n) is 0.982. The van der Waals surface area contributed by atoms with Gasteiger partial charge in [-0.15, -0.1) is 0 Å². The molecule has 0 spiro atoms. The molecule has 0 amide bonds. The van der Waals surface area contributed by atoms with E-state index >= 15 is 0 Å². The van der Waals surface area contributed by atoms with Gasteiger partial charge in [0.2, 0.25) is 0 Å². The predicted molar refractivity (Wildman–Crippen MR) is 15.7 cm³/mol. The molecule has 1 saturated heterocycles. The van der Waals surface area contributed by atoms with Gasteiger partial charge in [0.05, 0.1) is 0 Å². The van der Waals surface area contributed by atoms with Gasteiger partial charge in [0.1, 0.15) is 0 Å². The van der Waals surface area contributed by atoms with Gasteiger partial charge in [0.25, 0.3) is 0 Å². The van der Waals surface area contributed by atoms with Crippen LogP contribution in [0.1, 0.15) is 0 Å². The van der Waals surface area contributed by atoms with E-state index in [4.69, 9.17) is 14.7 Å². The van der Waals surface area contributed by atoms with Crippen molar-refractivity contribution >= 4 is 7.74 Å². The van der Waals surface area contributed by atoms with Crippen LogP contribution < -0.4 is 0 Å². The van der Waals surface area contributed by atoms with Crippen LogP contribution in [-0.2, 0) is 30.4 Å². The van der Waals surface area contributed by atoms with Gasteiger partial charge in [-0.2, -0.15) is 0 Å². The summed E-state index contributed by atoms with van der Waals surface area (Å²) in [5, 5.41) is 0. The summed E-state index contributed by atoms with van der Waals surface area (Å²) in [5.41, 5.74) is 0. The number of hydrogen-bond donors (Lipinski definition) is 3. The fraction of sp³-hybridized carbons (Fsp3) is 0. The molecule has 0 saturated carbocycles.